The van der Waals surface area contributed by atoms with Crippen LogP contribution in [0.3, 0.4) is 0 Å². The molecule has 2 amide bonds. The maximum absolute atomic E-state index is 12.1. The van der Waals surface area contributed by atoms with Gasteiger partial charge >= 0.3 is 6.09 Å². The van der Waals surface area contributed by atoms with Gasteiger partial charge in [-0.2, -0.15) is 0 Å². The smallest absolute Gasteiger partial charge is 0.414 e. The van der Waals surface area contributed by atoms with Crippen molar-refractivity contribution in [2.24, 2.45) is 12.2 Å². The highest BCUT2D eigenvalue weighted by Gasteiger charge is 2.32. The number of fused-ring (bicyclic) bond motifs is 1. The molecule has 1 saturated heterocycles. The monoisotopic (exact) mass is 350 g/mol. The molecule has 128 valence electrons. The Morgan fingerprint density at radius 2 is 2.33 bits per heavy atom. The molecule has 8 nitrogen and oxygen atoms in total. The van der Waals surface area contributed by atoms with Gasteiger partial charge in [-0.15, -0.1) is 0 Å². The lowest BCUT2D eigenvalue weighted by atomic mass is 10.2. The Morgan fingerprint density at radius 1 is 1.54 bits per heavy atom. The normalized spacial score (nSPS) is 18.1. The molecule has 0 aliphatic carbocycles. The van der Waals surface area contributed by atoms with E-state index < -0.39 is 6.09 Å². The third-order valence-corrected chi connectivity index (χ3v) is 4.80. The van der Waals surface area contributed by atoms with Crippen LogP contribution in [0, 0.1) is 0 Å². The molecule has 1 aliphatic heterocycles. The van der Waals surface area contributed by atoms with Gasteiger partial charge in [-0.3, -0.25) is 9.69 Å². The summed E-state index contributed by atoms with van der Waals surface area (Å²) >= 11 is 1.47. The number of amides is 2. The minimum Gasteiger partial charge on any atom is -0.442 e. The van der Waals surface area contributed by atoms with Crippen molar-refractivity contribution in [3.63, 3.8) is 0 Å². The summed E-state index contributed by atoms with van der Waals surface area (Å²) in [6.45, 7) is 2.14. The van der Waals surface area contributed by atoms with Gasteiger partial charge < -0.3 is 19.5 Å². The van der Waals surface area contributed by atoms with E-state index in [1.165, 1.54) is 25.4 Å². The third-order valence-electron chi connectivity index (χ3n) is 3.73. The molecule has 1 N–H and O–H groups in total. The van der Waals surface area contributed by atoms with E-state index in [4.69, 9.17) is 9.57 Å². The minimum absolute atomic E-state index is 0.147. The molecule has 2 heterocycles. The highest BCUT2D eigenvalue weighted by atomic mass is 32.1. The highest BCUT2D eigenvalue weighted by molar-refractivity contribution is 7.16. The molecule has 1 unspecified atom stereocenters. The second-order valence-electron chi connectivity index (χ2n) is 5.42. The molecule has 1 aromatic heterocycles. The summed E-state index contributed by atoms with van der Waals surface area (Å²) in [5, 5.41) is 6.64. The quantitative estimate of drug-likeness (QED) is 0.839. The first-order valence-electron chi connectivity index (χ1n) is 7.39. The van der Waals surface area contributed by atoms with E-state index in [2.05, 4.69) is 10.5 Å². The molecule has 0 bridgehead atoms. The van der Waals surface area contributed by atoms with Crippen molar-refractivity contribution in [2.45, 2.75) is 13.0 Å². The predicted octanol–water partition coefficient (Wildman–Crippen LogP) is 1.16. The van der Waals surface area contributed by atoms with E-state index in [0.717, 1.165) is 20.7 Å². The summed E-state index contributed by atoms with van der Waals surface area (Å²) in [4.78, 5) is 30.2. The Morgan fingerprint density at radius 3 is 3.04 bits per heavy atom. The second-order valence-corrected chi connectivity index (χ2v) is 6.43. The molecular weight excluding hydrogens is 332 g/mol. The van der Waals surface area contributed by atoms with Gasteiger partial charge in [0.1, 0.15) is 13.2 Å². The number of aryl methyl sites for hydroxylation is 1. The second kappa shape index (κ2) is 6.52. The van der Waals surface area contributed by atoms with Crippen molar-refractivity contribution < 1.29 is 19.2 Å². The number of ether oxygens (including phenoxy) is 1. The summed E-state index contributed by atoms with van der Waals surface area (Å²) in [6, 6.07) is 5.73. The number of benzene rings is 1. The average molecular weight is 350 g/mol. The molecule has 9 heteroatoms. The first kappa shape index (κ1) is 16.3. The summed E-state index contributed by atoms with van der Waals surface area (Å²) in [5.74, 6) is -0.147. The maximum Gasteiger partial charge on any atom is 0.414 e. The van der Waals surface area contributed by atoms with Crippen LogP contribution in [0.4, 0.5) is 10.5 Å². The highest BCUT2D eigenvalue weighted by Crippen LogP contribution is 2.27. The molecule has 1 aliphatic rings. The van der Waals surface area contributed by atoms with Crippen LogP contribution in [0.25, 0.3) is 10.2 Å². The largest absolute Gasteiger partial charge is 0.442 e. The lowest BCUT2D eigenvalue weighted by molar-refractivity contribution is -0.119. The molecule has 1 aromatic carbocycles. The number of aromatic nitrogens is 1. The van der Waals surface area contributed by atoms with Gasteiger partial charge in [-0.05, 0) is 18.2 Å². The van der Waals surface area contributed by atoms with Crippen molar-refractivity contribution >= 4 is 39.2 Å². The molecule has 0 spiro atoms. The molecule has 0 saturated carbocycles. The summed E-state index contributed by atoms with van der Waals surface area (Å²) < 4.78 is 8.21. The number of hydrogen-bond donors (Lipinski definition) is 1. The Bertz CT molecular complexity index is 857. The van der Waals surface area contributed by atoms with E-state index in [1.807, 2.05) is 29.8 Å². The Balaban J connectivity index is 1.86. The summed E-state index contributed by atoms with van der Waals surface area (Å²) in [7, 11) is 3.41. The van der Waals surface area contributed by atoms with Crippen LogP contribution >= 0.6 is 11.3 Å². The molecule has 1 atom stereocenters. The van der Waals surface area contributed by atoms with Crippen LogP contribution in [0.2, 0.25) is 0 Å². The van der Waals surface area contributed by atoms with Crippen LogP contribution in [0.1, 0.15) is 6.92 Å². The van der Waals surface area contributed by atoms with Gasteiger partial charge in [0.2, 0.25) is 10.7 Å². The van der Waals surface area contributed by atoms with Crippen molar-refractivity contribution in [3.05, 3.63) is 23.0 Å². The van der Waals surface area contributed by atoms with Gasteiger partial charge in [-0.25, -0.2) is 4.79 Å². The molecule has 3 rings (SSSR count). The van der Waals surface area contributed by atoms with Gasteiger partial charge in [0.05, 0.1) is 23.3 Å². The Labute approximate surface area is 142 Å². The van der Waals surface area contributed by atoms with Crippen molar-refractivity contribution in [3.8, 4) is 0 Å². The zero-order valence-corrected chi connectivity index (χ0v) is 14.4. The van der Waals surface area contributed by atoms with Gasteiger partial charge in [-0.1, -0.05) is 16.5 Å². The fourth-order valence-electron chi connectivity index (χ4n) is 2.55. The van der Waals surface area contributed by atoms with Crippen LogP contribution < -0.4 is 15.0 Å². The molecule has 24 heavy (non-hydrogen) atoms. The number of carbonyl (C=O) groups excluding carboxylic acids is 2. The van der Waals surface area contributed by atoms with Crippen LogP contribution in [-0.2, 0) is 21.4 Å². The molecule has 0 radical (unpaired) electrons. The first-order valence-corrected chi connectivity index (χ1v) is 8.20. The third kappa shape index (κ3) is 3.07. The number of nitrogens with zero attached hydrogens (tertiary/aromatic N) is 3. The predicted molar refractivity (Wildman–Crippen MR) is 89.7 cm³/mol. The SMILES string of the molecule is CON=c1sc2cc(N3CC(CNC(C)=O)OC3=O)ccc2n1C. The zero-order chi connectivity index (χ0) is 17.3. The number of anilines is 1. The number of carbonyl (C=O) groups is 2. The van der Waals surface area contributed by atoms with Crippen molar-refractivity contribution in [1.82, 2.24) is 9.88 Å². The van der Waals surface area contributed by atoms with E-state index >= 15 is 0 Å². The van der Waals surface area contributed by atoms with E-state index in [1.54, 1.807) is 4.90 Å². The Hall–Kier alpha value is -2.55. The zero-order valence-electron chi connectivity index (χ0n) is 13.6. The number of hydrogen-bond acceptors (Lipinski definition) is 6. The van der Waals surface area contributed by atoms with Crippen LogP contribution in [0.5, 0.6) is 0 Å². The number of thiazole rings is 1. The van der Waals surface area contributed by atoms with Crippen molar-refractivity contribution in [1.29, 1.82) is 0 Å². The van der Waals surface area contributed by atoms with E-state index in [-0.39, 0.29) is 12.0 Å². The van der Waals surface area contributed by atoms with E-state index in [9.17, 15) is 9.59 Å². The lowest BCUT2D eigenvalue weighted by Crippen LogP contribution is -2.33. The summed E-state index contributed by atoms with van der Waals surface area (Å²) in [5.41, 5.74) is 1.76. The van der Waals surface area contributed by atoms with Crippen molar-refractivity contribution in [2.75, 3.05) is 25.1 Å². The fraction of sp³-hybridized carbons (Fsp3) is 0.400. The van der Waals surface area contributed by atoms with Gasteiger partial charge in [0, 0.05) is 19.7 Å². The van der Waals surface area contributed by atoms with Gasteiger partial charge in [0.15, 0.2) is 0 Å². The molecule has 2 aromatic rings. The fourth-order valence-corrected chi connectivity index (χ4v) is 3.59. The minimum atomic E-state index is -0.410. The topological polar surface area (TPSA) is 85.2 Å². The summed E-state index contributed by atoms with van der Waals surface area (Å²) in [6.07, 6.45) is -0.761. The first-order chi connectivity index (χ1) is 11.5. The average Bonchev–Trinajstić information content (AvgIpc) is 3.06. The van der Waals surface area contributed by atoms with Crippen LogP contribution in [0.15, 0.2) is 23.4 Å². The van der Waals surface area contributed by atoms with Gasteiger partial charge in [0.25, 0.3) is 0 Å². The van der Waals surface area contributed by atoms with Crippen LogP contribution in [-0.4, -0.2) is 42.9 Å². The number of cyclic esters (lactones) is 1. The number of rotatable bonds is 4. The Kier molecular flexibility index (Phi) is 4.43. The number of nitrogens with one attached hydrogen (secondary N) is 1. The van der Waals surface area contributed by atoms with E-state index in [0.29, 0.717) is 13.1 Å². The molecule has 1 fully saturated rings. The standard InChI is InChI=1S/C15H18N4O4S/c1-9(20)16-7-11-8-19(15(21)23-11)10-4-5-12-13(6-10)24-14(17-22-3)18(12)2/h4-6,11H,7-8H2,1-3H3,(H,16,20). The molecular formula is C15H18N4O4S. The lowest BCUT2D eigenvalue weighted by Gasteiger charge is -2.13. The maximum atomic E-state index is 12.1.